The molecule has 0 bridgehead atoms. The normalized spacial score (nSPS) is 18.6. The molecule has 0 amide bonds. The molecule has 1 N–H and O–H groups in total. The monoisotopic (exact) mass is 321 g/mol. The van der Waals surface area contributed by atoms with Gasteiger partial charge in [-0.15, -0.1) is 11.3 Å². The van der Waals surface area contributed by atoms with Gasteiger partial charge in [-0.3, -0.25) is 0 Å². The Labute approximate surface area is 120 Å². The van der Waals surface area contributed by atoms with Crippen LogP contribution in [0.2, 0.25) is 0 Å². The molecule has 0 spiro atoms. The van der Waals surface area contributed by atoms with Gasteiger partial charge in [-0.1, -0.05) is 24.3 Å². The smallest absolute Gasteiger partial charge is 0.0326 e. The molecule has 1 nitrogen and oxygen atoms in total. The van der Waals surface area contributed by atoms with Gasteiger partial charge < -0.3 is 5.32 Å². The number of thiophene rings is 1. The Hall–Kier alpha value is -0.640. The van der Waals surface area contributed by atoms with E-state index in [0.717, 1.165) is 6.54 Å². The van der Waals surface area contributed by atoms with Crippen molar-refractivity contribution >= 4 is 27.3 Å². The maximum absolute atomic E-state index is 3.70. The Morgan fingerprint density at radius 3 is 3.06 bits per heavy atom. The number of fused-ring (bicyclic) bond motifs is 1. The van der Waals surface area contributed by atoms with E-state index < -0.39 is 0 Å². The van der Waals surface area contributed by atoms with E-state index in [4.69, 9.17) is 0 Å². The van der Waals surface area contributed by atoms with Crippen LogP contribution in [0.4, 0.5) is 0 Å². The summed E-state index contributed by atoms with van der Waals surface area (Å²) in [5.74, 6) is 0. The van der Waals surface area contributed by atoms with Crippen molar-refractivity contribution in [1.82, 2.24) is 5.32 Å². The van der Waals surface area contributed by atoms with Crippen molar-refractivity contribution in [3.63, 3.8) is 0 Å². The van der Waals surface area contributed by atoms with Gasteiger partial charge in [0.2, 0.25) is 0 Å². The van der Waals surface area contributed by atoms with Crippen LogP contribution in [0.5, 0.6) is 0 Å². The second kappa shape index (κ2) is 5.55. The zero-order valence-corrected chi connectivity index (χ0v) is 12.6. The van der Waals surface area contributed by atoms with Gasteiger partial charge in [0.1, 0.15) is 0 Å². The third-order valence-electron chi connectivity index (χ3n) is 3.51. The van der Waals surface area contributed by atoms with Crippen LogP contribution in [0.15, 0.2) is 40.2 Å². The lowest BCUT2D eigenvalue weighted by atomic mass is 9.88. The predicted molar refractivity (Wildman–Crippen MR) is 81.0 cm³/mol. The number of benzene rings is 1. The molecule has 0 unspecified atom stereocenters. The van der Waals surface area contributed by atoms with Crippen molar-refractivity contribution in [1.29, 1.82) is 0 Å². The number of nitrogens with one attached hydrogen (secondary N) is 1. The molecule has 0 radical (unpaired) electrons. The molecule has 1 heterocycles. The fourth-order valence-electron chi connectivity index (χ4n) is 2.64. The molecule has 1 atom stereocenters. The maximum Gasteiger partial charge on any atom is 0.0326 e. The highest BCUT2D eigenvalue weighted by molar-refractivity contribution is 9.10. The molecular formula is C15H16BrNS. The van der Waals surface area contributed by atoms with Crippen molar-refractivity contribution in [3.05, 3.63) is 56.2 Å². The second-order valence-electron chi connectivity index (χ2n) is 4.76. The Balaban J connectivity index is 1.71. The highest BCUT2D eigenvalue weighted by Crippen LogP contribution is 2.30. The maximum atomic E-state index is 3.70. The van der Waals surface area contributed by atoms with Crippen LogP contribution in [0.3, 0.4) is 0 Å². The minimum Gasteiger partial charge on any atom is -0.305 e. The molecule has 18 heavy (non-hydrogen) atoms. The largest absolute Gasteiger partial charge is 0.305 e. The fraction of sp³-hybridized carbons (Fsp3) is 0.333. The zero-order valence-electron chi connectivity index (χ0n) is 10.2. The second-order valence-corrected chi connectivity index (χ2v) is 6.67. The van der Waals surface area contributed by atoms with Crippen molar-refractivity contribution in [3.8, 4) is 0 Å². The molecule has 94 valence electrons. The third kappa shape index (κ3) is 2.68. The number of hydrogen-bond donors (Lipinski definition) is 1. The van der Waals surface area contributed by atoms with Crippen LogP contribution in [0.1, 0.15) is 34.9 Å². The standard InChI is InChI=1S/C15H16BrNS/c16-12-8-13(18-10-12)9-17-15-7-3-5-11-4-1-2-6-14(11)15/h1-2,4,6,8,10,15,17H,3,5,7,9H2/t15-/m0/s1. The van der Waals surface area contributed by atoms with E-state index >= 15 is 0 Å². The SMILES string of the molecule is Brc1csc(CN[C@H]2CCCc3ccccc32)c1. The number of aryl methyl sites for hydroxylation is 1. The van der Waals surface area contributed by atoms with Crippen LogP contribution in [-0.2, 0) is 13.0 Å². The minimum absolute atomic E-state index is 0.524. The van der Waals surface area contributed by atoms with Gasteiger partial charge in [0.25, 0.3) is 0 Å². The van der Waals surface area contributed by atoms with Crippen LogP contribution >= 0.6 is 27.3 Å². The summed E-state index contributed by atoms with van der Waals surface area (Å²) in [5, 5.41) is 5.84. The van der Waals surface area contributed by atoms with E-state index in [2.05, 4.69) is 57.0 Å². The zero-order chi connectivity index (χ0) is 12.4. The average Bonchev–Trinajstić information content (AvgIpc) is 2.82. The van der Waals surface area contributed by atoms with E-state index in [1.165, 1.54) is 39.7 Å². The highest BCUT2D eigenvalue weighted by atomic mass is 79.9. The van der Waals surface area contributed by atoms with Crippen molar-refractivity contribution in [2.24, 2.45) is 0 Å². The van der Waals surface area contributed by atoms with Crippen LogP contribution < -0.4 is 5.32 Å². The first-order valence-corrected chi connectivity index (χ1v) is 8.04. The summed E-state index contributed by atoms with van der Waals surface area (Å²) in [6.45, 7) is 0.968. The molecule has 0 saturated carbocycles. The first-order valence-electron chi connectivity index (χ1n) is 6.37. The number of hydrogen-bond acceptors (Lipinski definition) is 2. The lowest BCUT2D eigenvalue weighted by molar-refractivity contribution is 0.461. The third-order valence-corrected chi connectivity index (χ3v) is 5.21. The van der Waals surface area contributed by atoms with E-state index in [1.54, 1.807) is 0 Å². The summed E-state index contributed by atoms with van der Waals surface area (Å²) < 4.78 is 1.19. The van der Waals surface area contributed by atoms with Gasteiger partial charge in [0, 0.05) is 27.3 Å². The summed E-state index contributed by atoms with van der Waals surface area (Å²) in [7, 11) is 0. The van der Waals surface area contributed by atoms with E-state index in [-0.39, 0.29) is 0 Å². The molecule has 1 aromatic carbocycles. The van der Waals surface area contributed by atoms with Gasteiger partial charge >= 0.3 is 0 Å². The van der Waals surface area contributed by atoms with Gasteiger partial charge in [-0.25, -0.2) is 0 Å². The van der Waals surface area contributed by atoms with Crippen molar-refractivity contribution in [2.75, 3.05) is 0 Å². The molecular weight excluding hydrogens is 306 g/mol. The first-order chi connectivity index (χ1) is 8.83. The minimum atomic E-state index is 0.524. The number of rotatable bonds is 3. The average molecular weight is 322 g/mol. The van der Waals surface area contributed by atoms with Gasteiger partial charge in [0.05, 0.1) is 0 Å². The van der Waals surface area contributed by atoms with Gasteiger partial charge in [0.15, 0.2) is 0 Å². The Morgan fingerprint density at radius 2 is 2.22 bits per heavy atom. The van der Waals surface area contributed by atoms with Crippen molar-refractivity contribution in [2.45, 2.75) is 31.8 Å². The fourth-order valence-corrected chi connectivity index (χ4v) is 4.04. The highest BCUT2D eigenvalue weighted by Gasteiger charge is 2.18. The molecule has 1 aliphatic carbocycles. The van der Waals surface area contributed by atoms with Gasteiger partial charge in [-0.05, 0) is 52.4 Å². The molecule has 0 fully saturated rings. The molecule has 2 aromatic rings. The van der Waals surface area contributed by atoms with Crippen LogP contribution in [0, 0.1) is 0 Å². The Morgan fingerprint density at radius 1 is 1.33 bits per heavy atom. The lowest BCUT2D eigenvalue weighted by Crippen LogP contribution is -2.24. The summed E-state index contributed by atoms with van der Waals surface area (Å²) >= 11 is 5.32. The van der Waals surface area contributed by atoms with E-state index in [9.17, 15) is 0 Å². The van der Waals surface area contributed by atoms with Crippen LogP contribution in [0.25, 0.3) is 0 Å². The molecule has 0 aliphatic heterocycles. The Bertz CT molecular complexity index is 535. The van der Waals surface area contributed by atoms with E-state index in [0.29, 0.717) is 6.04 Å². The summed E-state index contributed by atoms with van der Waals surface area (Å²) in [6, 6.07) is 11.6. The topological polar surface area (TPSA) is 12.0 Å². The quantitative estimate of drug-likeness (QED) is 0.865. The molecule has 1 aliphatic rings. The molecule has 0 saturated heterocycles. The number of halogens is 1. The summed E-state index contributed by atoms with van der Waals surface area (Å²) in [5.41, 5.74) is 3.02. The van der Waals surface area contributed by atoms with Crippen LogP contribution in [-0.4, -0.2) is 0 Å². The molecule has 1 aromatic heterocycles. The first kappa shape index (κ1) is 12.4. The predicted octanol–water partition coefficient (Wildman–Crippen LogP) is 4.68. The Kier molecular flexibility index (Phi) is 3.83. The molecule has 3 heteroatoms. The summed E-state index contributed by atoms with van der Waals surface area (Å²) in [6.07, 6.45) is 3.78. The lowest BCUT2D eigenvalue weighted by Gasteiger charge is -2.26. The molecule has 3 rings (SSSR count). The van der Waals surface area contributed by atoms with Gasteiger partial charge in [-0.2, -0.15) is 0 Å². The van der Waals surface area contributed by atoms with Crippen molar-refractivity contribution < 1.29 is 0 Å². The van der Waals surface area contributed by atoms with E-state index in [1.807, 2.05) is 11.3 Å². The summed E-state index contributed by atoms with van der Waals surface area (Å²) in [4.78, 5) is 1.39.